The first-order valence-corrected chi connectivity index (χ1v) is 3.18. The Kier molecular flexibility index (Phi) is 4.76. The van der Waals surface area contributed by atoms with Crippen molar-refractivity contribution < 1.29 is 4.79 Å². The molecule has 0 radical (unpaired) electrons. The first-order chi connectivity index (χ1) is 3.81. The summed E-state index contributed by atoms with van der Waals surface area (Å²) in [4.78, 5) is 10.4. The third kappa shape index (κ3) is 3.93. The molecule has 0 aromatic rings. The van der Waals surface area contributed by atoms with E-state index in [-0.39, 0.29) is 5.78 Å². The van der Waals surface area contributed by atoms with Gasteiger partial charge in [0.2, 0.25) is 0 Å². The monoisotopic (exact) mass is 130 g/mol. The van der Waals surface area contributed by atoms with Crippen LogP contribution in [0.1, 0.15) is 12.8 Å². The summed E-state index contributed by atoms with van der Waals surface area (Å²) in [7, 11) is 0. The first-order valence-electron chi connectivity index (χ1n) is 2.54. The molecule has 0 aliphatic rings. The Labute approximate surface area is 55.2 Å². The van der Waals surface area contributed by atoms with Crippen molar-refractivity contribution in [2.24, 2.45) is 0 Å². The summed E-state index contributed by atoms with van der Waals surface area (Å²) < 4.78 is 0. The van der Waals surface area contributed by atoms with Gasteiger partial charge in [0.15, 0.2) is 0 Å². The SMILES string of the molecule is C=CCCC(=O)CS. The maximum atomic E-state index is 10.4. The van der Waals surface area contributed by atoms with Gasteiger partial charge in [-0.05, 0) is 6.42 Å². The van der Waals surface area contributed by atoms with Crippen molar-refractivity contribution in [2.45, 2.75) is 12.8 Å². The van der Waals surface area contributed by atoms with Crippen LogP contribution in [0.2, 0.25) is 0 Å². The highest BCUT2D eigenvalue weighted by atomic mass is 32.1. The summed E-state index contributed by atoms with van der Waals surface area (Å²) in [5.41, 5.74) is 0. The molecule has 0 atom stereocenters. The van der Waals surface area contributed by atoms with E-state index in [9.17, 15) is 4.79 Å². The molecule has 0 aromatic heterocycles. The van der Waals surface area contributed by atoms with Crippen LogP contribution in [0, 0.1) is 0 Å². The van der Waals surface area contributed by atoms with Crippen LogP contribution in [0.5, 0.6) is 0 Å². The molecule has 0 N–H and O–H groups in total. The van der Waals surface area contributed by atoms with E-state index in [2.05, 4.69) is 19.2 Å². The molecule has 0 aromatic carbocycles. The van der Waals surface area contributed by atoms with Crippen molar-refractivity contribution >= 4 is 18.4 Å². The van der Waals surface area contributed by atoms with Crippen LogP contribution in [0.4, 0.5) is 0 Å². The van der Waals surface area contributed by atoms with Crippen LogP contribution in [0.3, 0.4) is 0 Å². The normalized spacial score (nSPS) is 8.62. The van der Waals surface area contributed by atoms with Crippen molar-refractivity contribution in [2.75, 3.05) is 5.75 Å². The zero-order valence-electron chi connectivity index (χ0n) is 4.76. The lowest BCUT2D eigenvalue weighted by Crippen LogP contribution is -1.96. The average molecular weight is 130 g/mol. The minimum Gasteiger partial charge on any atom is -0.299 e. The lowest BCUT2D eigenvalue weighted by atomic mass is 10.2. The molecule has 2 heteroatoms. The van der Waals surface area contributed by atoms with Gasteiger partial charge in [-0.25, -0.2) is 0 Å². The number of carbonyl (C=O) groups is 1. The van der Waals surface area contributed by atoms with Crippen LogP contribution < -0.4 is 0 Å². The van der Waals surface area contributed by atoms with E-state index in [0.29, 0.717) is 12.2 Å². The molecule has 0 aliphatic carbocycles. The number of rotatable bonds is 4. The van der Waals surface area contributed by atoms with Crippen LogP contribution in [-0.4, -0.2) is 11.5 Å². The van der Waals surface area contributed by atoms with Gasteiger partial charge in [0, 0.05) is 12.2 Å². The molecule has 0 rings (SSSR count). The number of hydrogen-bond donors (Lipinski definition) is 1. The molecule has 0 saturated heterocycles. The minimum atomic E-state index is 0.188. The zero-order chi connectivity index (χ0) is 6.41. The summed E-state index contributed by atoms with van der Waals surface area (Å²) in [6, 6.07) is 0. The number of thiol groups is 1. The minimum absolute atomic E-state index is 0.188. The summed E-state index contributed by atoms with van der Waals surface area (Å²) in [5, 5.41) is 0. The Morgan fingerprint density at radius 2 is 2.38 bits per heavy atom. The van der Waals surface area contributed by atoms with Gasteiger partial charge in [0.1, 0.15) is 5.78 Å². The Bertz CT molecular complexity index is 88.5. The second-order valence-electron chi connectivity index (χ2n) is 1.52. The second kappa shape index (κ2) is 4.91. The Hall–Kier alpha value is -0.240. The van der Waals surface area contributed by atoms with Gasteiger partial charge >= 0.3 is 0 Å². The fourth-order valence-electron chi connectivity index (χ4n) is 0.342. The maximum Gasteiger partial charge on any atom is 0.142 e. The van der Waals surface area contributed by atoms with Gasteiger partial charge in [-0.2, -0.15) is 12.6 Å². The third-order valence-electron chi connectivity index (χ3n) is 0.804. The Balaban J connectivity index is 3.11. The summed E-state index contributed by atoms with van der Waals surface area (Å²) in [6.07, 6.45) is 3.10. The topological polar surface area (TPSA) is 17.1 Å². The molecule has 46 valence electrons. The molecule has 0 heterocycles. The van der Waals surface area contributed by atoms with Crippen molar-refractivity contribution in [3.8, 4) is 0 Å². The number of ketones is 1. The summed E-state index contributed by atoms with van der Waals surface area (Å²) in [6.45, 7) is 3.49. The van der Waals surface area contributed by atoms with Gasteiger partial charge in [0.05, 0.1) is 0 Å². The average Bonchev–Trinajstić information content (AvgIpc) is 1.83. The number of hydrogen-bond acceptors (Lipinski definition) is 2. The molecule has 0 saturated carbocycles. The number of allylic oxidation sites excluding steroid dienone is 1. The molecular formula is C6H10OS. The van der Waals surface area contributed by atoms with Gasteiger partial charge in [0.25, 0.3) is 0 Å². The summed E-state index contributed by atoms with van der Waals surface area (Å²) >= 11 is 3.80. The van der Waals surface area contributed by atoms with Crippen LogP contribution in [0.15, 0.2) is 12.7 Å². The van der Waals surface area contributed by atoms with Crippen LogP contribution in [-0.2, 0) is 4.79 Å². The molecule has 0 aliphatic heterocycles. The lowest BCUT2D eigenvalue weighted by molar-refractivity contribution is -0.116. The van der Waals surface area contributed by atoms with E-state index in [1.165, 1.54) is 0 Å². The Morgan fingerprint density at radius 1 is 1.75 bits per heavy atom. The van der Waals surface area contributed by atoms with Gasteiger partial charge in [-0.3, -0.25) is 4.79 Å². The van der Waals surface area contributed by atoms with Gasteiger partial charge in [-0.1, -0.05) is 6.08 Å². The molecule has 1 nitrogen and oxygen atoms in total. The Morgan fingerprint density at radius 3 is 2.75 bits per heavy atom. The fraction of sp³-hybridized carbons (Fsp3) is 0.500. The highest BCUT2D eigenvalue weighted by Crippen LogP contribution is 1.91. The molecule has 0 spiro atoms. The van der Waals surface area contributed by atoms with E-state index in [4.69, 9.17) is 0 Å². The van der Waals surface area contributed by atoms with E-state index in [1.54, 1.807) is 6.08 Å². The van der Waals surface area contributed by atoms with Crippen molar-refractivity contribution in [3.63, 3.8) is 0 Å². The van der Waals surface area contributed by atoms with Crippen molar-refractivity contribution in [1.29, 1.82) is 0 Å². The van der Waals surface area contributed by atoms with Crippen LogP contribution >= 0.6 is 12.6 Å². The van der Waals surface area contributed by atoms with Crippen LogP contribution in [0.25, 0.3) is 0 Å². The predicted octanol–water partition coefficient (Wildman–Crippen LogP) is 1.45. The standard InChI is InChI=1S/C6H10OS/c1-2-3-4-6(7)5-8/h2,8H,1,3-5H2. The molecule has 0 bridgehead atoms. The third-order valence-corrected chi connectivity index (χ3v) is 1.16. The second-order valence-corrected chi connectivity index (χ2v) is 1.84. The fourth-order valence-corrected chi connectivity index (χ4v) is 0.500. The quantitative estimate of drug-likeness (QED) is 0.450. The van der Waals surface area contributed by atoms with E-state index in [0.717, 1.165) is 6.42 Å². The molecule has 0 unspecified atom stereocenters. The largest absolute Gasteiger partial charge is 0.299 e. The molecule has 0 fully saturated rings. The maximum absolute atomic E-state index is 10.4. The predicted molar refractivity (Wildman–Crippen MR) is 38.3 cm³/mol. The molecular weight excluding hydrogens is 120 g/mol. The highest BCUT2D eigenvalue weighted by Gasteiger charge is 1.93. The molecule has 0 amide bonds. The van der Waals surface area contributed by atoms with E-state index in [1.807, 2.05) is 0 Å². The van der Waals surface area contributed by atoms with E-state index < -0.39 is 0 Å². The summed E-state index contributed by atoms with van der Waals surface area (Å²) in [5.74, 6) is 0.543. The van der Waals surface area contributed by atoms with E-state index >= 15 is 0 Å². The van der Waals surface area contributed by atoms with Crippen molar-refractivity contribution in [1.82, 2.24) is 0 Å². The highest BCUT2D eigenvalue weighted by molar-refractivity contribution is 7.81. The lowest BCUT2D eigenvalue weighted by Gasteiger charge is -1.88. The number of carbonyl (C=O) groups excluding carboxylic acids is 1. The molecule has 8 heavy (non-hydrogen) atoms. The smallest absolute Gasteiger partial charge is 0.142 e. The van der Waals surface area contributed by atoms with Gasteiger partial charge < -0.3 is 0 Å². The zero-order valence-corrected chi connectivity index (χ0v) is 5.66. The number of Topliss-reactive ketones (excluding diaryl/α,β-unsaturated/α-hetero) is 1. The van der Waals surface area contributed by atoms with Crippen molar-refractivity contribution in [3.05, 3.63) is 12.7 Å². The first kappa shape index (κ1) is 7.76. The van der Waals surface area contributed by atoms with Gasteiger partial charge in [-0.15, -0.1) is 6.58 Å².